The summed E-state index contributed by atoms with van der Waals surface area (Å²) >= 11 is 0. The second-order valence-electron chi connectivity index (χ2n) is 8.43. The van der Waals surface area contributed by atoms with Crippen LogP contribution < -0.4 is 4.90 Å². The molecule has 4 rings (SSSR count). The monoisotopic (exact) mass is 392 g/mol. The van der Waals surface area contributed by atoms with E-state index in [4.69, 9.17) is 4.98 Å². The topological polar surface area (TPSA) is 83.5 Å². The van der Waals surface area contributed by atoms with Crippen LogP contribution in [0.15, 0.2) is 6.07 Å². The molecule has 1 aromatic rings. The van der Waals surface area contributed by atoms with Crippen molar-refractivity contribution in [1.82, 2.24) is 14.9 Å². The number of amides is 1. The molecule has 1 aromatic heterocycles. The summed E-state index contributed by atoms with van der Waals surface area (Å²) in [6.45, 7) is 4.33. The van der Waals surface area contributed by atoms with Gasteiger partial charge in [0.05, 0.1) is 5.75 Å². The Hall–Kier alpha value is -1.70. The van der Waals surface area contributed by atoms with E-state index in [-0.39, 0.29) is 23.6 Å². The zero-order valence-corrected chi connectivity index (χ0v) is 16.9. The number of carbonyl (C=O) groups excluding carboxylic acids is 1. The molecule has 0 N–H and O–H groups in total. The van der Waals surface area contributed by atoms with Gasteiger partial charge in [-0.05, 0) is 38.5 Å². The average Bonchev–Trinajstić information content (AvgIpc) is 3.37. The standard InChI is InChI=1S/C19H28N4O3S/c1-13-9-17(21-19(20-13)15-3-4-15)22-7-5-16(6-8-22)23-11-14(10-18(23)24)12-27(2,25)26/h9,14-16H,3-8,10-12H2,1-2H3. The van der Waals surface area contributed by atoms with Crippen molar-refractivity contribution in [2.24, 2.45) is 5.92 Å². The number of hydrogen-bond acceptors (Lipinski definition) is 6. The van der Waals surface area contributed by atoms with Gasteiger partial charge in [-0.3, -0.25) is 4.79 Å². The number of hydrogen-bond donors (Lipinski definition) is 0. The minimum Gasteiger partial charge on any atom is -0.356 e. The molecule has 2 saturated heterocycles. The molecular formula is C19H28N4O3S. The molecule has 2 aliphatic heterocycles. The molecule has 8 heteroatoms. The molecule has 3 aliphatic rings. The summed E-state index contributed by atoms with van der Waals surface area (Å²) in [4.78, 5) is 26.0. The SMILES string of the molecule is Cc1cc(N2CCC(N3CC(CS(C)(=O)=O)CC3=O)CC2)nc(C2CC2)n1. The third kappa shape index (κ3) is 4.42. The van der Waals surface area contributed by atoms with Crippen LogP contribution in [0.5, 0.6) is 0 Å². The lowest BCUT2D eigenvalue weighted by molar-refractivity contribution is -0.130. The highest BCUT2D eigenvalue weighted by Crippen LogP contribution is 2.39. The van der Waals surface area contributed by atoms with Crippen LogP contribution in [0.3, 0.4) is 0 Å². The highest BCUT2D eigenvalue weighted by Gasteiger charge is 2.37. The van der Waals surface area contributed by atoms with E-state index in [0.717, 1.165) is 43.3 Å². The molecule has 3 fully saturated rings. The number of aryl methyl sites for hydroxylation is 1. The Balaban J connectivity index is 1.37. The maximum absolute atomic E-state index is 12.4. The molecular weight excluding hydrogens is 364 g/mol. The largest absolute Gasteiger partial charge is 0.356 e. The molecule has 0 bridgehead atoms. The lowest BCUT2D eigenvalue weighted by Gasteiger charge is -2.37. The van der Waals surface area contributed by atoms with Gasteiger partial charge in [0.25, 0.3) is 0 Å². The van der Waals surface area contributed by atoms with Crippen LogP contribution >= 0.6 is 0 Å². The number of rotatable bonds is 5. The Kier molecular flexibility index (Phi) is 4.86. The summed E-state index contributed by atoms with van der Waals surface area (Å²) in [5, 5.41) is 0. The summed E-state index contributed by atoms with van der Waals surface area (Å²) in [7, 11) is -3.04. The lowest BCUT2D eigenvalue weighted by atomic mass is 10.0. The van der Waals surface area contributed by atoms with Crippen molar-refractivity contribution in [3.05, 3.63) is 17.6 Å². The summed E-state index contributed by atoms with van der Waals surface area (Å²) in [5.41, 5.74) is 1.02. The van der Waals surface area contributed by atoms with Gasteiger partial charge in [0.15, 0.2) is 0 Å². The van der Waals surface area contributed by atoms with Gasteiger partial charge in [-0.15, -0.1) is 0 Å². The Morgan fingerprint density at radius 3 is 2.48 bits per heavy atom. The summed E-state index contributed by atoms with van der Waals surface area (Å²) in [6, 6.07) is 2.26. The van der Waals surface area contributed by atoms with E-state index in [1.54, 1.807) is 0 Å². The molecule has 0 spiro atoms. The van der Waals surface area contributed by atoms with Gasteiger partial charge in [-0.25, -0.2) is 18.4 Å². The van der Waals surface area contributed by atoms with Gasteiger partial charge in [-0.1, -0.05) is 0 Å². The molecule has 0 aromatic carbocycles. The van der Waals surface area contributed by atoms with E-state index in [1.807, 2.05) is 11.8 Å². The van der Waals surface area contributed by atoms with E-state index in [2.05, 4.69) is 16.0 Å². The zero-order valence-electron chi connectivity index (χ0n) is 16.1. The highest BCUT2D eigenvalue weighted by atomic mass is 32.2. The fraction of sp³-hybridized carbons (Fsp3) is 0.737. The molecule has 3 heterocycles. The van der Waals surface area contributed by atoms with Crippen molar-refractivity contribution in [2.75, 3.05) is 36.5 Å². The lowest BCUT2D eigenvalue weighted by Crippen LogP contribution is -2.46. The Morgan fingerprint density at radius 1 is 1.15 bits per heavy atom. The van der Waals surface area contributed by atoms with E-state index >= 15 is 0 Å². The van der Waals surface area contributed by atoms with E-state index < -0.39 is 9.84 Å². The van der Waals surface area contributed by atoms with Crippen LogP contribution in [-0.4, -0.2) is 66.9 Å². The smallest absolute Gasteiger partial charge is 0.223 e. The van der Waals surface area contributed by atoms with Gasteiger partial charge in [0, 0.05) is 56.0 Å². The fourth-order valence-electron chi connectivity index (χ4n) is 4.37. The third-order valence-corrected chi connectivity index (χ3v) is 6.88. The summed E-state index contributed by atoms with van der Waals surface area (Å²) in [6.07, 6.45) is 5.80. The second kappa shape index (κ2) is 7.04. The number of sulfone groups is 1. The summed E-state index contributed by atoms with van der Waals surface area (Å²) in [5.74, 6) is 2.68. The van der Waals surface area contributed by atoms with Crippen molar-refractivity contribution in [3.63, 3.8) is 0 Å². The maximum Gasteiger partial charge on any atom is 0.223 e. The van der Waals surface area contributed by atoms with Crippen molar-refractivity contribution >= 4 is 21.6 Å². The Morgan fingerprint density at radius 2 is 1.85 bits per heavy atom. The van der Waals surface area contributed by atoms with Crippen LogP contribution in [-0.2, 0) is 14.6 Å². The van der Waals surface area contributed by atoms with E-state index in [1.165, 1.54) is 19.1 Å². The second-order valence-corrected chi connectivity index (χ2v) is 10.6. The predicted octanol–water partition coefficient (Wildman–Crippen LogP) is 1.52. The first-order valence-corrected chi connectivity index (χ1v) is 11.9. The minimum absolute atomic E-state index is 0.0591. The number of nitrogens with zero attached hydrogens (tertiary/aromatic N) is 4. The molecule has 1 amide bonds. The normalized spacial score (nSPS) is 24.7. The number of aromatic nitrogens is 2. The van der Waals surface area contributed by atoms with Crippen molar-refractivity contribution in [3.8, 4) is 0 Å². The van der Waals surface area contributed by atoms with Crippen molar-refractivity contribution < 1.29 is 13.2 Å². The van der Waals surface area contributed by atoms with Gasteiger partial charge in [-0.2, -0.15) is 0 Å². The van der Waals surface area contributed by atoms with Crippen LogP contribution in [0.25, 0.3) is 0 Å². The first-order valence-electron chi connectivity index (χ1n) is 9.86. The third-order valence-electron chi connectivity index (χ3n) is 5.81. The molecule has 1 saturated carbocycles. The average molecular weight is 393 g/mol. The molecule has 1 unspecified atom stereocenters. The number of piperidine rings is 1. The first kappa shape index (κ1) is 18.7. The quantitative estimate of drug-likeness (QED) is 0.756. The first-order chi connectivity index (χ1) is 12.8. The van der Waals surface area contributed by atoms with Crippen molar-refractivity contribution in [2.45, 2.75) is 51.0 Å². The predicted molar refractivity (Wildman–Crippen MR) is 104 cm³/mol. The van der Waals surface area contributed by atoms with Crippen LogP contribution in [0.4, 0.5) is 5.82 Å². The fourth-order valence-corrected chi connectivity index (χ4v) is 5.45. The van der Waals surface area contributed by atoms with Crippen LogP contribution in [0, 0.1) is 12.8 Å². The maximum atomic E-state index is 12.4. The van der Waals surface area contributed by atoms with Gasteiger partial charge >= 0.3 is 0 Å². The van der Waals surface area contributed by atoms with Gasteiger partial charge in [0.1, 0.15) is 21.5 Å². The summed E-state index contributed by atoms with van der Waals surface area (Å²) < 4.78 is 23.1. The van der Waals surface area contributed by atoms with Crippen LogP contribution in [0.1, 0.15) is 49.5 Å². The molecule has 27 heavy (non-hydrogen) atoms. The molecule has 1 aliphatic carbocycles. The highest BCUT2D eigenvalue weighted by molar-refractivity contribution is 7.90. The van der Waals surface area contributed by atoms with E-state index in [9.17, 15) is 13.2 Å². The van der Waals surface area contributed by atoms with Crippen molar-refractivity contribution in [1.29, 1.82) is 0 Å². The zero-order chi connectivity index (χ0) is 19.2. The number of likely N-dealkylation sites (tertiary alicyclic amines) is 1. The number of anilines is 1. The molecule has 148 valence electrons. The minimum atomic E-state index is -3.04. The number of carbonyl (C=O) groups is 1. The Labute approximate surface area is 161 Å². The Bertz CT molecular complexity index is 829. The molecule has 0 radical (unpaired) electrons. The molecule has 1 atom stereocenters. The van der Waals surface area contributed by atoms with E-state index in [0.29, 0.717) is 18.9 Å². The van der Waals surface area contributed by atoms with Crippen LogP contribution in [0.2, 0.25) is 0 Å². The van der Waals surface area contributed by atoms with Gasteiger partial charge < -0.3 is 9.80 Å². The van der Waals surface area contributed by atoms with Gasteiger partial charge in [0.2, 0.25) is 5.91 Å². The molecule has 7 nitrogen and oxygen atoms in total.